The van der Waals surface area contributed by atoms with Crippen molar-refractivity contribution in [1.82, 2.24) is 0 Å². The average molecular weight is 412 g/mol. The zero-order valence-corrected chi connectivity index (χ0v) is 19.3. The summed E-state index contributed by atoms with van der Waals surface area (Å²) in [6, 6.07) is 10.2. The predicted molar refractivity (Wildman–Crippen MR) is 102 cm³/mol. The number of aliphatic carboxylic acids is 1. The van der Waals surface area contributed by atoms with E-state index in [4.69, 9.17) is 4.74 Å². The Bertz CT molecular complexity index is 810. The van der Waals surface area contributed by atoms with Gasteiger partial charge < -0.3 is 24.9 Å². The van der Waals surface area contributed by atoms with Gasteiger partial charge in [0.25, 0.3) is 0 Å². The Hall–Kier alpha value is -1.44. The molecule has 3 atom stereocenters. The molecule has 2 aromatic rings. The number of aliphatic hydroxyl groups is 2. The second kappa shape index (κ2) is 11.7. The van der Waals surface area contributed by atoms with Crippen LogP contribution in [0.2, 0.25) is 0 Å². The van der Waals surface area contributed by atoms with E-state index in [2.05, 4.69) is 0 Å². The fourth-order valence-electron chi connectivity index (χ4n) is 3.27. The van der Waals surface area contributed by atoms with E-state index in [0.29, 0.717) is 5.75 Å². The number of rotatable bonds is 9. The molecule has 0 saturated carbocycles. The fourth-order valence-corrected chi connectivity index (χ4v) is 3.27. The fraction of sp³-hybridized carbons (Fsp3) is 0.409. The van der Waals surface area contributed by atoms with Gasteiger partial charge >= 0.3 is 29.6 Å². The standard InChI is InChI=1S/C22H27FO5.Na/c1-13-8-14(2)22(28-12-19(25)10-18(24)11-21(26)27)20(9-13)15(3)16-4-6-17(23)7-5-16;/h4-9,15,18-19,24-25H,10-12H2,1-3H3,(H,26,27);/q;+1/p-1/t15?,18-,19+;/m1./s1. The third kappa shape index (κ3) is 7.72. The minimum Gasteiger partial charge on any atom is -0.550 e. The van der Waals surface area contributed by atoms with Gasteiger partial charge in [0, 0.05) is 30.3 Å². The molecule has 0 aromatic heterocycles. The van der Waals surface area contributed by atoms with E-state index >= 15 is 0 Å². The summed E-state index contributed by atoms with van der Waals surface area (Å²) in [6.07, 6.45) is -2.88. The molecule has 0 fully saturated rings. The van der Waals surface area contributed by atoms with Crippen molar-refractivity contribution in [1.29, 1.82) is 0 Å². The molecule has 152 valence electrons. The van der Waals surface area contributed by atoms with Crippen LogP contribution in [-0.2, 0) is 4.79 Å². The molecule has 0 amide bonds. The first-order valence-electron chi connectivity index (χ1n) is 9.22. The van der Waals surface area contributed by atoms with Crippen molar-refractivity contribution in [2.24, 2.45) is 0 Å². The number of carbonyl (C=O) groups is 1. The van der Waals surface area contributed by atoms with Crippen LogP contribution in [0.25, 0.3) is 0 Å². The average Bonchev–Trinajstić information content (AvgIpc) is 2.59. The van der Waals surface area contributed by atoms with Crippen LogP contribution >= 0.6 is 0 Å². The Morgan fingerprint density at radius 1 is 1.14 bits per heavy atom. The summed E-state index contributed by atoms with van der Waals surface area (Å²) in [7, 11) is 0. The third-order valence-corrected chi connectivity index (χ3v) is 4.65. The number of benzene rings is 2. The Morgan fingerprint density at radius 3 is 2.34 bits per heavy atom. The van der Waals surface area contributed by atoms with Gasteiger partial charge in [0.1, 0.15) is 18.2 Å². The summed E-state index contributed by atoms with van der Waals surface area (Å²) >= 11 is 0. The minimum atomic E-state index is -1.37. The van der Waals surface area contributed by atoms with Crippen molar-refractivity contribution in [3.63, 3.8) is 0 Å². The summed E-state index contributed by atoms with van der Waals surface area (Å²) in [4.78, 5) is 10.5. The maximum absolute atomic E-state index is 13.2. The van der Waals surface area contributed by atoms with Crippen molar-refractivity contribution >= 4 is 5.97 Å². The van der Waals surface area contributed by atoms with Gasteiger partial charge in [-0.2, -0.15) is 0 Å². The summed E-state index contributed by atoms with van der Waals surface area (Å²) in [5.41, 5.74) is 3.79. The molecule has 7 heteroatoms. The van der Waals surface area contributed by atoms with E-state index in [1.165, 1.54) is 12.1 Å². The quantitative estimate of drug-likeness (QED) is 0.528. The van der Waals surface area contributed by atoms with Crippen LogP contribution in [0.5, 0.6) is 5.75 Å². The number of carbonyl (C=O) groups excluding carboxylic acids is 1. The first-order valence-corrected chi connectivity index (χ1v) is 9.22. The molecule has 0 bridgehead atoms. The molecule has 0 saturated heterocycles. The molecule has 0 aliphatic heterocycles. The number of ether oxygens (including phenoxy) is 1. The molecule has 0 radical (unpaired) electrons. The van der Waals surface area contributed by atoms with Crippen LogP contribution in [-0.4, -0.2) is 35.0 Å². The number of aryl methyl sites for hydroxylation is 2. The summed E-state index contributed by atoms with van der Waals surface area (Å²) < 4.78 is 19.1. The molecule has 1 unspecified atom stereocenters. The van der Waals surface area contributed by atoms with Gasteiger partial charge in [-0.25, -0.2) is 4.39 Å². The van der Waals surface area contributed by atoms with E-state index < -0.39 is 24.6 Å². The normalized spacial score (nSPS) is 13.9. The van der Waals surface area contributed by atoms with Crippen LogP contribution in [0.4, 0.5) is 4.39 Å². The van der Waals surface area contributed by atoms with Crippen molar-refractivity contribution in [2.45, 2.75) is 51.7 Å². The molecule has 2 aromatic carbocycles. The SMILES string of the molecule is Cc1cc(C)c(OC[C@@H](O)C[C@@H](O)CC(=O)[O-])c(C(C)c2ccc(F)cc2)c1.[Na+]. The van der Waals surface area contributed by atoms with Gasteiger partial charge in [-0.3, -0.25) is 0 Å². The Labute approximate surface area is 192 Å². The van der Waals surface area contributed by atoms with Crippen LogP contribution in [0.15, 0.2) is 36.4 Å². The summed E-state index contributed by atoms with van der Waals surface area (Å²) in [6.45, 7) is 5.79. The van der Waals surface area contributed by atoms with Gasteiger partial charge in [-0.1, -0.05) is 36.8 Å². The van der Waals surface area contributed by atoms with Crippen molar-refractivity contribution < 1.29 is 58.8 Å². The second-order valence-electron chi connectivity index (χ2n) is 7.20. The number of carboxylic acid groups (broad SMARTS) is 1. The third-order valence-electron chi connectivity index (χ3n) is 4.65. The zero-order valence-electron chi connectivity index (χ0n) is 17.3. The molecule has 0 aliphatic carbocycles. The molecule has 0 spiro atoms. The van der Waals surface area contributed by atoms with Crippen molar-refractivity contribution in [3.05, 3.63) is 64.5 Å². The number of hydrogen-bond donors (Lipinski definition) is 2. The molecule has 5 nitrogen and oxygen atoms in total. The van der Waals surface area contributed by atoms with E-state index in [1.54, 1.807) is 12.1 Å². The molecule has 0 aliphatic rings. The van der Waals surface area contributed by atoms with Gasteiger partial charge in [0.15, 0.2) is 0 Å². The van der Waals surface area contributed by atoms with E-state index in [0.717, 1.165) is 22.3 Å². The van der Waals surface area contributed by atoms with Crippen molar-refractivity contribution in [2.75, 3.05) is 6.61 Å². The maximum Gasteiger partial charge on any atom is 1.00 e. The van der Waals surface area contributed by atoms with E-state index in [-0.39, 0.29) is 54.3 Å². The van der Waals surface area contributed by atoms with Crippen LogP contribution < -0.4 is 39.4 Å². The monoisotopic (exact) mass is 412 g/mol. The van der Waals surface area contributed by atoms with Crippen LogP contribution in [0.1, 0.15) is 47.9 Å². The predicted octanol–water partition coefficient (Wildman–Crippen LogP) is -0.771. The molecule has 2 N–H and O–H groups in total. The Kier molecular flexibility index (Phi) is 10.3. The Morgan fingerprint density at radius 2 is 1.76 bits per heavy atom. The maximum atomic E-state index is 13.2. The first-order chi connectivity index (χ1) is 13.2. The smallest absolute Gasteiger partial charge is 0.550 e. The second-order valence-corrected chi connectivity index (χ2v) is 7.20. The zero-order chi connectivity index (χ0) is 20.8. The number of aliphatic hydroxyl groups excluding tert-OH is 2. The van der Waals surface area contributed by atoms with Gasteiger partial charge in [0.05, 0.1) is 12.2 Å². The molecule has 2 rings (SSSR count). The number of carboxylic acids is 1. The first kappa shape index (κ1) is 25.6. The van der Waals surface area contributed by atoms with Gasteiger partial charge in [-0.05, 0) is 37.1 Å². The van der Waals surface area contributed by atoms with Gasteiger partial charge in [0.2, 0.25) is 0 Å². The van der Waals surface area contributed by atoms with Crippen LogP contribution in [0.3, 0.4) is 0 Å². The van der Waals surface area contributed by atoms with Crippen LogP contribution in [0, 0.1) is 19.7 Å². The molecule has 29 heavy (non-hydrogen) atoms. The summed E-state index contributed by atoms with van der Waals surface area (Å²) in [5, 5.41) is 30.2. The topological polar surface area (TPSA) is 89.8 Å². The largest absolute Gasteiger partial charge is 1.00 e. The Balaban J connectivity index is 0.00000420. The summed E-state index contributed by atoms with van der Waals surface area (Å²) in [5.74, 6) is -1.11. The van der Waals surface area contributed by atoms with E-state index in [1.807, 2.05) is 32.9 Å². The van der Waals surface area contributed by atoms with Crippen molar-refractivity contribution in [3.8, 4) is 5.75 Å². The van der Waals surface area contributed by atoms with Gasteiger partial charge in [-0.15, -0.1) is 0 Å². The van der Waals surface area contributed by atoms with E-state index in [9.17, 15) is 24.5 Å². The molecular weight excluding hydrogens is 386 g/mol. The number of halogens is 1. The molecule has 0 heterocycles. The number of hydrogen-bond acceptors (Lipinski definition) is 5. The molecular formula is C22H26FNaO5. The minimum absolute atomic E-state index is 0.